The lowest BCUT2D eigenvalue weighted by Gasteiger charge is -2.53. The molecule has 114 valence electrons. The predicted octanol–water partition coefficient (Wildman–Crippen LogP) is 0.196. The highest BCUT2D eigenvalue weighted by Crippen LogP contribution is 2.31. The molecule has 0 unspecified atom stereocenters. The van der Waals surface area contributed by atoms with E-state index in [4.69, 9.17) is 9.26 Å². The van der Waals surface area contributed by atoms with Gasteiger partial charge in [0, 0.05) is 25.0 Å². The lowest BCUT2D eigenvalue weighted by Crippen LogP contribution is -2.71. The van der Waals surface area contributed by atoms with Gasteiger partial charge in [0.2, 0.25) is 5.95 Å². The molecule has 8 nitrogen and oxygen atoms in total. The number of aromatic nitrogens is 3. The summed E-state index contributed by atoms with van der Waals surface area (Å²) in [5.41, 5.74) is -0.00348. The van der Waals surface area contributed by atoms with Crippen molar-refractivity contribution in [1.29, 1.82) is 0 Å². The molecule has 0 aliphatic carbocycles. The van der Waals surface area contributed by atoms with Gasteiger partial charge in [0.1, 0.15) is 11.9 Å². The SMILES string of the molecule is O=C(c1ccon1)N1CCOC2(C1)CN(c1ncccn1)C2. The zero-order chi connectivity index (χ0) is 15.0. The fourth-order valence-electron chi connectivity index (χ4n) is 2.94. The summed E-state index contributed by atoms with van der Waals surface area (Å²) in [4.78, 5) is 24.6. The molecule has 2 aromatic rings. The number of hydrogen-bond acceptors (Lipinski definition) is 7. The summed E-state index contributed by atoms with van der Waals surface area (Å²) in [6.07, 6.45) is 4.84. The third-order valence-electron chi connectivity index (χ3n) is 3.99. The van der Waals surface area contributed by atoms with Crippen LogP contribution in [0.4, 0.5) is 5.95 Å². The number of amides is 1. The second kappa shape index (κ2) is 5.06. The van der Waals surface area contributed by atoms with Crippen LogP contribution in [0.3, 0.4) is 0 Å². The van der Waals surface area contributed by atoms with Gasteiger partial charge in [0.15, 0.2) is 5.69 Å². The van der Waals surface area contributed by atoms with Crippen molar-refractivity contribution in [1.82, 2.24) is 20.0 Å². The lowest BCUT2D eigenvalue weighted by atomic mass is 9.92. The van der Waals surface area contributed by atoms with Crippen LogP contribution < -0.4 is 4.90 Å². The van der Waals surface area contributed by atoms with Crippen molar-refractivity contribution in [3.05, 3.63) is 36.5 Å². The van der Waals surface area contributed by atoms with Crippen molar-refractivity contribution in [3.8, 4) is 0 Å². The van der Waals surface area contributed by atoms with Gasteiger partial charge >= 0.3 is 0 Å². The molecule has 0 radical (unpaired) electrons. The Morgan fingerprint density at radius 2 is 2.05 bits per heavy atom. The van der Waals surface area contributed by atoms with E-state index in [0.717, 1.165) is 0 Å². The van der Waals surface area contributed by atoms with Gasteiger partial charge in [0.05, 0.1) is 26.2 Å². The highest BCUT2D eigenvalue weighted by atomic mass is 16.5. The maximum absolute atomic E-state index is 12.3. The minimum absolute atomic E-state index is 0.120. The Morgan fingerprint density at radius 3 is 2.77 bits per heavy atom. The summed E-state index contributed by atoms with van der Waals surface area (Å²) in [5.74, 6) is 0.572. The van der Waals surface area contributed by atoms with Crippen molar-refractivity contribution in [3.63, 3.8) is 0 Å². The fraction of sp³-hybridized carbons (Fsp3) is 0.429. The van der Waals surface area contributed by atoms with E-state index in [9.17, 15) is 4.79 Å². The number of carbonyl (C=O) groups is 1. The topological polar surface area (TPSA) is 84.6 Å². The minimum atomic E-state index is -0.336. The van der Waals surface area contributed by atoms with Gasteiger partial charge in [-0.1, -0.05) is 5.16 Å². The molecule has 0 N–H and O–H groups in total. The van der Waals surface area contributed by atoms with E-state index in [1.807, 2.05) is 4.90 Å². The Hall–Kier alpha value is -2.48. The molecule has 22 heavy (non-hydrogen) atoms. The van der Waals surface area contributed by atoms with E-state index in [0.29, 0.717) is 44.4 Å². The maximum Gasteiger partial charge on any atom is 0.276 e. The molecule has 0 bridgehead atoms. The Labute approximate surface area is 126 Å². The van der Waals surface area contributed by atoms with E-state index in [2.05, 4.69) is 15.1 Å². The lowest BCUT2D eigenvalue weighted by molar-refractivity contribution is -0.114. The average Bonchev–Trinajstić information content (AvgIpc) is 3.07. The van der Waals surface area contributed by atoms with Crippen LogP contribution in [0.1, 0.15) is 10.5 Å². The molecule has 1 amide bonds. The number of morpholine rings is 1. The molecule has 0 aromatic carbocycles. The minimum Gasteiger partial charge on any atom is -0.368 e. The summed E-state index contributed by atoms with van der Waals surface area (Å²) in [5, 5.41) is 3.71. The third kappa shape index (κ3) is 2.21. The van der Waals surface area contributed by atoms with Gasteiger partial charge in [-0.25, -0.2) is 9.97 Å². The third-order valence-corrected chi connectivity index (χ3v) is 3.99. The quantitative estimate of drug-likeness (QED) is 0.783. The van der Waals surface area contributed by atoms with E-state index in [-0.39, 0.29) is 11.5 Å². The Morgan fingerprint density at radius 1 is 1.23 bits per heavy atom. The summed E-state index contributed by atoms with van der Waals surface area (Å²) in [7, 11) is 0. The molecule has 2 aliphatic rings. The first-order valence-electron chi connectivity index (χ1n) is 7.11. The normalized spacial score (nSPS) is 20.0. The molecule has 2 aromatic heterocycles. The molecule has 8 heteroatoms. The van der Waals surface area contributed by atoms with Gasteiger partial charge < -0.3 is 19.1 Å². The molecule has 2 saturated heterocycles. The summed E-state index contributed by atoms with van der Waals surface area (Å²) in [6.45, 7) is 2.99. The Bertz CT molecular complexity index is 654. The molecule has 0 saturated carbocycles. The molecule has 4 rings (SSSR count). The van der Waals surface area contributed by atoms with Crippen LogP contribution in [0.15, 0.2) is 35.3 Å². The predicted molar refractivity (Wildman–Crippen MR) is 75.3 cm³/mol. The van der Waals surface area contributed by atoms with Gasteiger partial charge in [-0.2, -0.15) is 0 Å². The van der Waals surface area contributed by atoms with Crippen molar-refractivity contribution < 1.29 is 14.1 Å². The zero-order valence-corrected chi connectivity index (χ0v) is 11.9. The molecule has 0 atom stereocenters. The van der Waals surface area contributed by atoms with Crippen LogP contribution in [0, 0.1) is 0 Å². The molecule has 4 heterocycles. The number of anilines is 1. The van der Waals surface area contributed by atoms with Crippen LogP contribution >= 0.6 is 0 Å². The number of nitrogens with zero attached hydrogens (tertiary/aromatic N) is 5. The highest BCUT2D eigenvalue weighted by Gasteiger charge is 2.49. The van der Waals surface area contributed by atoms with Crippen LogP contribution in [-0.2, 0) is 4.74 Å². The van der Waals surface area contributed by atoms with Crippen molar-refractivity contribution in [2.75, 3.05) is 37.7 Å². The zero-order valence-electron chi connectivity index (χ0n) is 11.9. The first-order valence-corrected chi connectivity index (χ1v) is 7.11. The first-order chi connectivity index (χ1) is 10.8. The monoisotopic (exact) mass is 301 g/mol. The van der Waals surface area contributed by atoms with Gasteiger partial charge in [0.25, 0.3) is 5.91 Å². The van der Waals surface area contributed by atoms with Gasteiger partial charge in [-0.05, 0) is 6.07 Å². The van der Waals surface area contributed by atoms with E-state index in [1.54, 1.807) is 29.4 Å². The molecule has 1 spiro atoms. The van der Waals surface area contributed by atoms with Crippen LogP contribution in [0.2, 0.25) is 0 Å². The summed E-state index contributed by atoms with van der Waals surface area (Å²) >= 11 is 0. The number of ether oxygens (including phenoxy) is 1. The van der Waals surface area contributed by atoms with Crippen molar-refractivity contribution in [2.24, 2.45) is 0 Å². The maximum atomic E-state index is 12.3. The number of rotatable bonds is 2. The van der Waals surface area contributed by atoms with Crippen LogP contribution in [0.25, 0.3) is 0 Å². The van der Waals surface area contributed by atoms with Crippen LogP contribution in [-0.4, -0.2) is 64.3 Å². The van der Waals surface area contributed by atoms with E-state index in [1.165, 1.54) is 6.26 Å². The number of hydrogen-bond donors (Lipinski definition) is 0. The fourth-order valence-corrected chi connectivity index (χ4v) is 2.94. The molecular formula is C14H15N5O3. The van der Waals surface area contributed by atoms with Crippen LogP contribution in [0.5, 0.6) is 0 Å². The second-order valence-electron chi connectivity index (χ2n) is 5.55. The standard InChI is InChI=1S/C14H15N5O3/c20-12(11-2-6-22-17-11)18-5-7-21-14(8-18)9-19(10-14)13-15-3-1-4-16-13/h1-4,6H,5,7-10H2. The number of carbonyl (C=O) groups excluding carboxylic acids is 1. The first kappa shape index (κ1) is 13.2. The summed E-state index contributed by atoms with van der Waals surface area (Å²) in [6, 6.07) is 3.36. The van der Waals surface area contributed by atoms with Crippen molar-refractivity contribution >= 4 is 11.9 Å². The van der Waals surface area contributed by atoms with E-state index >= 15 is 0 Å². The Kier molecular flexibility index (Phi) is 3.04. The smallest absolute Gasteiger partial charge is 0.276 e. The van der Waals surface area contributed by atoms with E-state index < -0.39 is 0 Å². The molecular weight excluding hydrogens is 286 g/mol. The van der Waals surface area contributed by atoms with Gasteiger partial charge in [-0.15, -0.1) is 0 Å². The summed E-state index contributed by atoms with van der Waals surface area (Å²) < 4.78 is 10.7. The second-order valence-corrected chi connectivity index (χ2v) is 5.55. The molecule has 2 fully saturated rings. The highest BCUT2D eigenvalue weighted by molar-refractivity contribution is 5.92. The van der Waals surface area contributed by atoms with Crippen molar-refractivity contribution in [2.45, 2.75) is 5.60 Å². The molecule has 2 aliphatic heterocycles. The largest absolute Gasteiger partial charge is 0.368 e. The van der Waals surface area contributed by atoms with Gasteiger partial charge in [-0.3, -0.25) is 4.79 Å². The Balaban J connectivity index is 1.43. The average molecular weight is 301 g/mol.